The minimum absolute atomic E-state index is 0.659. The van der Waals surface area contributed by atoms with E-state index in [1.807, 2.05) is 6.07 Å². The largest absolute Gasteiger partial charge is 0.379 e. The summed E-state index contributed by atoms with van der Waals surface area (Å²) in [6.07, 6.45) is 0. The van der Waals surface area contributed by atoms with Crippen LogP contribution in [0.15, 0.2) is 35.7 Å². The van der Waals surface area contributed by atoms with Crippen LogP contribution in [0.4, 0.5) is 0 Å². The summed E-state index contributed by atoms with van der Waals surface area (Å²) in [5.74, 6) is 0.659. The quantitative estimate of drug-likeness (QED) is 0.516. The van der Waals surface area contributed by atoms with Gasteiger partial charge >= 0.3 is 0 Å². The topological polar surface area (TPSA) is 49.7 Å². The first-order valence-corrected chi connectivity index (χ1v) is 3.74. The summed E-state index contributed by atoms with van der Waals surface area (Å²) in [6.45, 7) is 4.41. The van der Waals surface area contributed by atoms with E-state index in [1.54, 1.807) is 0 Å². The average molecular weight is 167 g/mol. The highest BCUT2D eigenvalue weighted by Gasteiger charge is 1.93. The molecule has 3 nitrogen and oxygen atoms in total. The normalized spacial score (nSPS) is 8.58. The summed E-state index contributed by atoms with van der Waals surface area (Å²) >= 11 is 0. The third kappa shape index (κ3) is 4.44. The number of nitrogens with zero attached hydrogens (tertiary/aromatic N) is 1. The number of rotatable bonds is 1. The maximum Gasteiger partial charge on any atom is 0.152 e. The molecule has 0 fully saturated rings. The maximum absolute atomic E-state index is 8.11. The van der Waals surface area contributed by atoms with Crippen molar-refractivity contribution in [3.8, 4) is 0 Å². The SMILES string of the molecule is CC(C)c1ccccc1.O=NO. The van der Waals surface area contributed by atoms with Gasteiger partial charge in [0.1, 0.15) is 0 Å². The van der Waals surface area contributed by atoms with Crippen LogP contribution in [-0.4, -0.2) is 5.21 Å². The van der Waals surface area contributed by atoms with Crippen molar-refractivity contribution in [3.05, 3.63) is 40.8 Å². The van der Waals surface area contributed by atoms with Gasteiger partial charge in [0, 0.05) is 0 Å². The van der Waals surface area contributed by atoms with Gasteiger partial charge in [0.15, 0.2) is 5.34 Å². The lowest BCUT2D eigenvalue weighted by Crippen LogP contribution is -1.83. The van der Waals surface area contributed by atoms with Gasteiger partial charge in [0.05, 0.1) is 0 Å². The second-order valence-electron chi connectivity index (χ2n) is 2.65. The fraction of sp³-hybridized carbons (Fsp3) is 0.333. The summed E-state index contributed by atoms with van der Waals surface area (Å²) in [7, 11) is 0. The van der Waals surface area contributed by atoms with E-state index >= 15 is 0 Å². The molecule has 0 unspecified atom stereocenters. The summed E-state index contributed by atoms with van der Waals surface area (Å²) in [4.78, 5) is 8.11. The molecule has 0 atom stereocenters. The van der Waals surface area contributed by atoms with Gasteiger partial charge in [-0.1, -0.05) is 44.2 Å². The van der Waals surface area contributed by atoms with Crippen LogP contribution in [0.3, 0.4) is 0 Å². The molecule has 1 rings (SSSR count). The Morgan fingerprint density at radius 2 is 1.67 bits per heavy atom. The summed E-state index contributed by atoms with van der Waals surface area (Å²) in [5.41, 5.74) is 1.41. The molecule has 1 aromatic carbocycles. The van der Waals surface area contributed by atoms with Crippen molar-refractivity contribution in [1.82, 2.24) is 0 Å². The molecule has 0 saturated carbocycles. The third-order valence-corrected chi connectivity index (χ3v) is 1.47. The average Bonchev–Trinajstić information content (AvgIpc) is 2.07. The minimum Gasteiger partial charge on any atom is -0.379 e. The Kier molecular flexibility index (Phi) is 5.61. The Morgan fingerprint density at radius 3 is 1.92 bits per heavy atom. The second kappa shape index (κ2) is 6.34. The molecule has 12 heavy (non-hydrogen) atoms. The molecule has 1 aromatic rings. The van der Waals surface area contributed by atoms with Crippen LogP contribution in [0.25, 0.3) is 0 Å². The Hall–Kier alpha value is -1.38. The lowest BCUT2D eigenvalue weighted by Gasteiger charge is -2.01. The predicted octanol–water partition coefficient (Wildman–Crippen LogP) is 2.95. The van der Waals surface area contributed by atoms with Gasteiger partial charge in [-0.3, -0.25) is 0 Å². The first-order valence-electron chi connectivity index (χ1n) is 3.74. The van der Waals surface area contributed by atoms with Crippen LogP contribution < -0.4 is 0 Å². The van der Waals surface area contributed by atoms with Crippen LogP contribution in [0.2, 0.25) is 0 Å². The molecule has 1 N–H and O–H groups in total. The van der Waals surface area contributed by atoms with E-state index in [0.717, 1.165) is 0 Å². The standard InChI is InChI=1S/C9H12.HNO2/c1-8(2)9-6-4-3-5-7-9;2-1-3/h3-8H,1-2H3;(H,2,3). The van der Waals surface area contributed by atoms with Crippen LogP contribution in [0, 0.1) is 4.91 Å². The van der Waals surface area contributed by atoms with Crippen LogP contribution in [0.1, 0.15) is 25.3 Å². The first-order chi connectivity index (χ1) is 5.72. The highest BCUT2D eigenvalue weighted by molar-refractivity contribution is 5.17. The van der Waals surface area contributed by atoms with E-state index in [2.05, 4.69) is 38.1 Å². The van der Waals surface area contributed by atoms with Crippen LogP contribution >= 0.6 is 0 Å². The molecule has 0 bridgehead atoms. The third-order valence-electron chi connectivity index (χ3n) is 1.47. The van der Waals surface area contributed by atoms with Gasteiger partial charge in [-0.15, -0.1) is 4.91 Å². The molecule has 0 aliphatic rings. The van der Waals surface area contributed by atoms with Crippen molar-refractivity contribution in [2.45, 2.75) is 19.8 Å². The maximum atomic E-state index is 8.11. The summed E-state index contributed by atoms with van der Waals surface area (Å²) in [5, 5.41) is 7.89. The highest BCUT2D eigenvalue weighted by atomic mass is 16.6. The Bertz CT molecular complexity index is 209. The fourth-order valence-electron chi connectivity index (χ4n) is 0.838. The minimum atomic E-state index is 0.659. The van der Waals surface area contributed by atoms with Crippen molar-refractivity contribution in [2.24, 2.45) is 5.34 Å². The van der Waals surface area contributed by atoms with Gasteiger partial charge in [0.2, 0.25) is 0 Å². The van der Waals surface area contributed by atoms with Crippen molar-refractivity contribution < 1.29 is 5.21 Å². The molecular formula is C9H13NO2. The Labute approximate surface area is 72.0 Å². The number of hydrogen-bond acceptors (Lipinski definition) is 2. The fourth-order valence-corrected chi connectivity index (χ4v) is 0.838. The first kappa shape index (κ1) is 10.6. The zero-order valence-corrected chi connectivity index (χ0v) is 7.27. The van der Waals surface area contributed by atoms with Gasteiger partial charge in [-0.2, -0.15) is 0 Å². The predicted molar refractivity (Wildman–Crippen MR) is 48.1 cm³/mol. The van der Waals surface area contributed by atoms with Gasteiger partial charge in [0.25, 0.3) is 0 Å². The molecule has 0 aromatic heterocycles. The number of hydrogen-bond donors (Lipinski definition) is 1. The highest BCUT2D eigenvalue weighted by Crippen LogP contribution is 2.11. The molecule has 3 heteroatoms. The molecule has 0 spiro atoms. The number of benzene rings is 1. The van der Waals surface area contributed by atoms with E-state index in [0.29, 0.717) is 5.92 Å². The molecular weight excluding hydrogens is 154 g/mol. The molecule has 0 saturated heterocycles. The van der Waals surface area contributed by atoms with Crippen LogP contribution in [0.5, 0.6) is 0 Å². The van der Waals surface area contributed by atoms with Gasteiger partial charge in [-0.25, -0.2) is 0 Å². The van der Waals surface area contributed by atoms with Crippen molar-refractivity contribution >= 4 is 0 Å². The Balaban J connectivity index is 0.000000354. The molecule has 0 aliphatic carbocycles. The molecule has 0 heterocycles. The van der Waals surface area contributed by atoms with E-state index in [4.69, 9.17) is 10.1 Å². The summed E-state index contributed by atoms with van der Waals surface area (Å²) in [6, 6.07) is 10.5. The smallest absolute Gasteiger partial charge is 0.152 e. The summed E-state index contributed by atoms with van der Waals surface area (Å²) < 4.78 is 0. The Morgan fingerprint density at radius 1 is 1.25 bits per heavy atom. The van der Waals surface area contributed by atoms with E-state index < -0.39 is 0 Å². The van der Waals surface area contributed by atoms with E-state index in [-0.39, 0.29) is 0 Å². The zero-order valence-electron chi connectivity index (χ0n) is 7.27. The van der Waals surface area contributed by atoms with E-state index in [1.165, 1.54) is 10.9 Å². The second-order valence-corrected chi connectivity index (χ2v) is 2.65. The van der Waals surface area contributed by atoms with Gasteiger partial charge in [-0.05, 0) is 11.5 Å². The van der Waals surface area contributed by atoms with Crippen molar-refractivity contribution in [1.29, 1.82) is 0 Å². The van der Waals surface area contributed by atoms with Crippen LogP contribution in [-0.2, 0) is 0 Å². The molecule has 0 amide bonds. The van der Waals surface area contributed by atoms with Crippen molar-refractivity contribution in [3.63, 3.8) is 0 Å². The monoisotopic (exact) mass is 167 g/mol. The molecule has 66 valence electrons. The molecule has 0 aliphatic heterocycles. The zero-order chi connectivity index (χ0) is 9.40. The lowest BCUT2D eigenvalue weighted by atomic mass is 10.0. The molecule has 0 radical (unpaired) electrons. The van der Waals surface area contributed by atoms with E-state index in [9.17, 15) is 0 Å². The van der Waals surface area contributed by atoms with Gasteiger partial charge < -0.3 is 5.21 Å². The lowest BCUT2D eigenvalue weighted by molar-refractivity contribution is 0.312. The van der Waals surface area contributed by atoms with Crippen molar-refractivity contribution in [2.75, 3.05) is 0 Å².